The van der Waals surface area contributed by atoms with Gasteiger partial charge in [0.15, 0.2) is 8.07 Å². The van der Waals surface area contributed by atoms with E-state index in [-0.39, 0.29) is 6.71 Å². The zero-order valence-corrected chi connectivity index (χ0v) is 30.8. The Bertz CT molecular complexity index is 2730. The zero-order valence-electron chi connectivity index (χ0n) is 29.8. The molecule has 0 amide bonds. The summed E-state index contributed by atoms with van der Waals surface area (Å²) in [5.41, 5.74) is 7.24. The third-order valence-electron chi connectivity index (χ3n) is 11.3. The molecule has 11 rings (SSSR count). The summed E-state index contributed by atoms with van der Waals surface area (Å²) in [5, 5.41) is 5.28. The Labute approximate surface area is 321 Å². The van der Waals surface area contributed by atoms with Crippen molar-refractivity contribution in [2.45, 2.75) is 0 Å². The van der Waals surface area contributed by atoms with Crippen molar-refractivity contribution in [3.8, 4) is 40.1 Å². The lowest BCUT2D eigenvalue weighted by Crippen LogP contribution is -2.74. The number of imidazole rings is 1. The second-order valence-corrected chi connectivity index (χ2v) is 18.1. The molecule has 8 aromatic carbocycles. The molecular formula is C49H33BN2O2Si. The molecule has 6 heteroatoms. The number of rotatable bonds is 6. The van der Waals surface area contributed by atoms with Crippen molar-refractivity contribution in [3.63, 3.8) is 0 Å². The lowest BCUT2D eigenvalue weighted by atomic mass is 9.35. The van der Waals surface area contributed by atoms with Gasteiger partial charge in [-0.3, -0.25) is 4.57 Å². The lowest BCUT2D eigenvalue weighted by molar-refractivity contribution is 0.464. The Balaban J connectivity index is 1.15. The highest BCUT2D eigenvalue weighted by Gasteiger charge is 2.42. The molecule has 3 heterocycles. The van der Waals surface area contributed by atoms with Crippen molar-refractivity contribution >= 4 is 63.0 Å². The topological polar surface area (TPSA) is 36.3 Å². The second-order valence-electron chi connectivity index (χ2n) is 14.3. The maximum atomic E-state index is 6.74. The van der Waals surface area contributed by atoms with Crippen LogP contribution in [0, 0.1) is 0 Å². The number of benzene rings is 8. The molecule has 1 aromatic heterocycles. The fraction of sp³-hybridized carbons (Fsp3) is 0. The van der Waals surface area contributed by atoms with Crippen molar-refractivity contribution in [1.82, 2.24) is 9.55 Å². The summed E-state index contributed by atoms with van der Waals surface area (Å²) in [6, 6.07) is 71.6. The summed E-state index contributed by atoms with van der Waals surface area (Å²) >= 11 is 0. The first-order valence-corrected chi connectivity index (χ1v) is 20.7. The van der Waals surface area contributed by atoms with Crippen LogP contribution in [0.1, 0.15) is 0 Å². The molecule has 0 radical (unpaired) electrons. The predicted octanol–water partition coefficient (Wildman–Crippen LogP) is 6.80. The number of fused-ring (bicyclic) bond motifs is 5. The van der Waals surface area contributed by atoms with Crippen molar-refractivity contribution in [3.05, 3.63) is 200 Å². The summed E-state index contributed by atoms with van der Waals surface area (Å²) in [6.07, 6.45) is 0. The SMILES string of the molecule is c1ccc([Si](c2ccccc2)(c2ccccc2)c2cccc(-c3nc4ccccc4n3-c3cc4c5c(c3)Oc3ccccc3B5c3ccccc3O4)c2)cc1. The minimum atomic E-state index is -2.78. The number of ether oxygens (including phenoxy) is 2. The molecule has 2 aliphatic rings. The van der Waals surface area contributed by atoms with E-state index in [4.69, 9.17) is 14.5 Å². The molecule has 0 N–H and O–H groups in total. The quantitative estimate of drug-likeness (QED) is 0.140. The fourth-order valence-electron chi connectivity index (χ4n) is 8.95. The van der Waals surface area contributed by atoms with Gasteiger partial charge in [-0.1, -0.05) is 164 Å². The zero-order chi connectivity index (χ0) is 36.3. The van der Waals surface area contributed by atoms with Gasteiger partial charge in [0.1, 0.15) is 28.8 Å². The van der Waals surface area contributed by atoms with Crippen molar-refractivity contribution in [1.29, 1.82) is 0 Å². The Hall–Kier alpha value is -6.89. The Morgan fingerprint density at radius 1 is 0.436 bits per heavy atom. The molecule has 0 bridgehead atoms. The first kappa shape index (κ1) is 31.6. The molecule has 0 saturated heterocycles. The maximum Gasteiger partial charge on any atom is 0.260 e. The maximum absolute atomic E-state index is 6.74. The molecular weight excluding hydrogens is 687 g/mol. The average molecular weight is 721 g/mol. The fourth-order valence-corrected chi connectivity index (χ4v) is 13.7. The molecule has 0 aliphatic carbocycles. The van der Waals surface area contributed by atoms with Gasteiger partial charge in [0.25, 0.3) is 6.71 Å². The molecule has 4 nitrogen and oxygen atoms in total. The van der Waals surface area contributed by atoms with Crippen molar-refractivity contribution in [2.75, 3.05) is 0 Å². The summed E-state index contributed by atoms with van der Waals surface area (Å²) < 4.78 is 15.7. The van der Waals surface area contributed by atoms with Gasteiger partial charge in [0.05, 0.1) is 16.7 Å². The highest BCUT2D eigenvalue weighted by atomic mass is 28.3. The molecule has 55 heavy (non-hydrogen) atoms. The van der Waals surface area contributed by atoms with Gasteiger partial charge < -0.3 is 9.47 Å². The van der Waals surface area contributed by atoms with Crippen LogP contribution in [0.2, 0.25) is 0 Å². The van der Waals surface area contributed by atoms with Crippen LogP contribution >= 0.6 is 0 Å². The van der Waals surface area contributed by atoms with Crippen molar-refractivity contribution in [2.24, 2.45) is 0 Å². The summed E-state index contributed by atoms with van der Waals surface area (Å²) in [4.78, 5) is 5.37. The molecule has 0 atom stereocenters. The van der Waals surface area contributed by atoms with Gasteiger partial charge in [-0.2, -0.15) is 0 Å². The lowest BCUT2D eigenvalue weighted by Gasteiger charge is -2.34. The molecule has 9 aromatic rings. The molecule has 0 fully saturated rings. The van der Waals surface area contributed by atoms with E-state index in [9.17, 15) is 0 Å². The third kappa shape index (κ3) is 4.88. The van der Waals surface area contributed by atoms with Crippen LogP contribution in [0.5, 0.6) is 23.0 Å². The smallest absolute Gasteiger partial charge is 0.260 e. The van der Waals surface area contributed by atoms with Crippen LogP contribution < -0.4 is 46.6 Å². The molecule has 0 saturated carbocycles. The van der Waals surface area contributed by atoms with Crippen LogP contribution in [0.4, 0.5) is 0 Å². The van der Waals surface area contributed by atoms with E-state index in [1.54, 1.807) is 0 Å². The summed E-state index contributed by atoms with van der Waals surface area (Å²) in [6.45, 7) is 0.0108. The molecule has 258 valence electrons. The van der Waals surface area contributed by atoms with Gasteiger partial charge in [-0.25, -0.2) is 4.98 Å². The van der Waals surface area contributed by atoms with E-state index in [2.05, 4.69) is 193 Å². The Kier molecular flexibility index (Phi) is 7.25. The number of para-hydroxylation sites is 4. The minimum absolute atomic E-state index is 0.0108. The van der Waals surface area contributed by atoms with Crippen LogP contribution in [0.15, 0.2) is 200 Å². The van der Waals surface area contributed by atoms with Crippen LogP contribution in [-0.4, -0.2) is 24.3 Å². The molecule has 0 spiro atoms. The molecule has 0 unspecified atom stereocenters. The van der Waals surface area contributed by atoms with E-state index in [0.717, 1.165) is 67.5 Å². The molecule has 2 aliphatic heterocycles. The first-order valence-electron chi connectivity index (χ1n) is 18.7. The highest BCUT2D eigenvalue weighted by molar-refractivity contribution is 7.19. The normalized spacial score (nSPS) is 12.6. The average Bonchev–Trinajstić information content (AvgIpc) is 3.65. The van der Waals surface area contributed by atoms with Gasteiger partial charge >= 0.3 is 0 Å². The standard InChI is InChI=1S/C49H33BN2O2Si/c1-4-18-36(19-5-1)55(37-20-6-2-7-21-37,38-22-8-3-9-23-38)39-24-16-17-34(31-39)49-51-42-27-12-13-28-43(42)52(49)35-32-46-48-47(33-35)54-45-30-15-11-26-41(45)50(48)40-25-10-14-29-44(40)53-46/h1-33H. The van der Waals surface area contributed by atoms with Crippen LogP contribution in [0.3, 0.4) is 0 Å². The first-order chi connectivity index (χ1) is 27.3. The van der Waals surface area contributed by atoms with E-state index < -0.39 is 8.07 Å². The number of hydrogen-bond acceptors (Lipinski definition) is 3. The second kappa shape index (κ2) is 12.6. The number of hydrogen-bond donors (Lipinski definition) is 0. The number of nitrogens with zero attached hydrogens (tertiary/aromatic N) is 2. The van der Waals surface area contributed by atoms with E-state index in [0.29, 0.717) is 0 Å². The number of aromatic nitrogens is 2. The minimum Gasteiger partial charge on any atom is -0.458 e. The van der Waals surface area contributed by atoms with Crippen LogP contribution in [0.25, 0.3) is 28.1 Å². The van der Waals surface area contributed by atoms with Gasteiger partial charge in [-0.15, -0.1) is 0 Å². The van der Waals surface area contributed by atoms with Crippen molar-refractivity contribution < 1.29 is 9.47 Å². The van der Waals surface area contributed by atoms with E-state index in [1.807, 2.05) is 12.1 Å². The Morgan fingerprint density at radius 3 is 1.51 bits per heavy atom. The van der Waals surface area contributed by atoms with Crippen LogP contribution in [-0.2, 0) is 0 Å². The van der Waals surface area contributed by atoms with E-state index in [1.165, 1.54) is 20.7 Å². The van der Waals surface area contributed by atoms with Gasteiger partial charge in [0, 0.05) is 23.2 Å². The summed E-state index contributed by atoms with van der Waals surface area (Å²) in [7, 11) is -2.78. The highest BCUT2D eigenvalue weighted by Crippen LogP contribution is 2.38. The van der Waals surface area contributed by atoms with Gasteiger partial charge in [0.2, 0.25) is 0 Å². The van der Waals surface area contributed by atoms with E-state index >= 15 is 0 Å². The Morgan fingerprint density at radius 2 is 0.927 bits per heavy atom. The monoisotopic (exact) mass is 720 g/mol. The third-order valence-corrected chi connectivity index (χ3v) is 16.0. The largest absolute Gasteiger partial charge is 0.458 e. The predicted molar refractivity (Wildman–Crippen MR) is 228 cm³/mol. The van der Waals surface area contributed by atoms with Gasteiger partial charge in [-0.05, 0) is 55.9 Å². The summed E-state index contributed by atoms with van der Waals surface area (Å²) in [5.74, 6) is 4.19.